The topological polar surface area (TPSA) is 26.3 Å². The summed E-state index contributed by atoms with van der Waals surface area (Å²) in [5.41, 5.74) is -0.347. The Labute approximate surface area is 54.5 Å². The summed E-state index contributed by atoms with van der Waals surface area (Å²) in [7, 11) is 0. The second kappa shape index (κ2) is 1.87. The van der Waals surface area contributed by atoms with Gasteiger partial charge in [-0.15, -0.1) is 0 Å². The van der Waals surface area contributed by atoms with Crippen LogP contribution in [0.15, 0.2) is 12.3 Å². The fraction of sp³-hybridized carbons (Fsp3) is 0.571. The van der Waals surface area contributed by atoms with Crippen molar-refractivity contribution in [3.63, 3.8) is 0 Å². The highest BCUT2D eigenvalue weighted by Crippen LogP contribution is 2.24. The molecule has 0 N–H and O–H groups in total. The van der Waals surface area contributed by atoms with Crippen LogP contribution in [-0.2, 0) is 9.53 Å². The first-order chi connectivity index (χ1) is 4.15. The molecule has 0 aromatic rings. The van der Waals surface area contributed by atoms with Gasteiger partial charge >= 0.3 is 0 Å². The van der Waals surface area contributed by atoms with E-state index >= 15 is 0 Å². The molecule has 0 spiro atoms. The van der Waals surface area contributed by atoms with Gasteiger partial charge in [-0.25, -0.2) is 0 Å². The van der Waals surface area contributed by atoms with Crippen molar-refractivity contribution >= 4 is 5.78 Å². The first-order valence-electron chi connectivity index (χ1n) is 2.95. The number of rotatable bonds is 1. The molecule has 50 valence electrons. The number of hydrogen-bond acceptors (Lipinski definition) is 2. The second-order valence-electron chi connectivity index (χ2n) is 2.59. The summed E-state index contributed by atoms with van der Waals surface area (Å²) in [6, 6.07) is 0. The summed E-state index contributed by atoms with van der Waals surface area (Å²) in [4.78, 5) is 10.8. The molecule has 0 saturated heterocycles. The molecule has 1 unspecified atom stereocenters. The zero-order chi connectivity index (χ0) is 6.91. The minimum Gasteiger partial charge on any atom is -0.500 e. The highest BCUT2D eigenvalue weighted by molar-refractivity contribution is 5.84. The Kier molecular flexibility index (Phi) is 1.31. The van der Waals surface area contributed by atoms with E-state index in [2.05, 4.69) is 0 Å². The van der Waals surface area contributed by atoms with E-state index in [1.807, 2.05) is 6.92 Å². The van der Waals surface area contributed by atoms with Crippen LogP contribution in [0.5, 0.6) is 0 Å². The number of carbonyl (C=O) groups excluding carboxylic acids is 1. The average Bonchev–Trinajstić information content (AvgIpc) is 2.16. The second-order valence-corrected chi connectivity index (χ2v) is 2.59. The first-order valence-corrected chi connectivity index (χ1v) is 2.95. The molecule has 0 bridgehead atoms. The summed E-state index contributed by atoms with van der Waals surface area (Å²) in [6.07, 6.45) is 3.39. The van der Waals surface area contributed by atoms with E-state index in [1.165, 1.54) is 0 Å². The van der Waals surface area contributed by atoms with Crippen LogP contribution >= 0.6 is 0 Å². The molecule has 1 heterocycles. The van der Waals surface area contributed by atoms with Gasteiger partial charge in [-0.3, -0.25) is 4.79 Å². The van der Waals surface area contributed by atoms with E-state index in [0.717, 1.165) is 0 Å². The SMILES string of the molecule is CC(=O)C1(C)C=COC1. The fourth-order valence-corrected chi connectivity index (χ4v) is 0.687. The van der Waals surface area contributed by atoms with Crippen LogP contribution in [0.3, 0.4) is 0 Å². The smallest absolute Gasteiger partial charge is 0.142 e. The Bertz CT molecular complexity index is 160. The highest BCUT2D eigenvalue weighted by atomic mass is 16.5. The van der Waals surface area contributed by atoms with Crippen LogP contribution in [0, 0.1) is 5.41 Å². The molecule has 2 nitrogen and oxygen atoms in total. The lowest BCUT2D eigenvalue weighted by molar-refractivity contribution is -0.124. The average molecular weight is 126 g/mol. The molecule has 1 aliphatic rings. The van der Waals surface area contributed by atoms with E-state index in [9.17, 15) is 4.79 Å². The van der Waals surface area contributed by atoms with Gasteiger partial charge in [-0.2, -0.15) is 0 Å². The van der Waals surface area contributed by atoms with Gasteiger partial charge < -0.3 is 4.74 Å². The molecule has 1 atom stereocenters. The van der Waals surface area contributed by atoms with Gasteiger partial charge in [0, 0.05) is 0 Å². The van der Waals surface area contributed by atoms with Crippen molar-refractivity contribution in [1.29, 1.82) is 0 Å². The molecule has 1 rings (SSSR count). The molecule has 1 aliphatic heterocycles. The Hall–Kier alpha value is -0.790. The Morgan fingerprint density at radius 1 is 1.78 bits per heavy atom. The maximum Gasteiger partial charge on any atom is 0.142 e. The maximum atomic E-state index is 10.8. The molecule has 0 aliphatic carbocycles. The third-order valence-corrected chi connectivity index (χ3v) is 1.72. The van der Waals surface area contributed by atoms with E-state index in [1.54, 1.807) is 19.3 Å². The van der Waals surface area contributed by atoms with Crippen molar-refractivity contribution in [1.82, 2.24) is 0 Å². The van der Waals surface area contributed by atoms with Gasteiger partial charge in [-0.05, 0) is 19.9 Å². The Morgan fingerprint density at radius 3 is 2.67 bits per heavy atom. The summed E-state index contributed by atoms with van der Waals surface area (Å²) < 4.78 is 4.92. The van der Waals surface area contributed by atoms with E-state index in [0.29, 0.717) is 6.61 Å². The number of hydrogen-bond donors (Lipinski definition) is 0. The quantitative estimate of drug-likeness (QED) is 0.526. The van der Waals surface area contributed by atoms with Crippen molar-refractivity contribution < 1.29 is 9.53 Å². The van der Waals surface area contributed by atoms with Crippen molar-refractivity contribution in [3.8, 4) is 0 Å². The molecule has 2 heteroatoms. The first kappa shape index (κ1) is 6.33. The molecule has 0 fully saturated rings. The number of ether oxygens (including phenoxy) is 1. The largest absolute Gasteiger partial charge is 0.500 e. The van der Waals surface area contributed by atoms with Gasteiger partial charge in [0.1, 0.15) is 12.4 Å². The Balaban J connectivity index is 2.74. The highest BCUT2D eigenvalue weighted by Gasteiger charge is 2.30. The van der Waals surface area contributed by atoms with Crippen LogP contribution in [0.2, 0.25) is 0 Å². The summed E-state index contributed by atoms with van der Waals surface area (Å²) >= 11 is 0. The van der Waals surface area contributed by atoms with Crippen molar-refractivity contribution in [2.75, 3.05) is 6.61 Å². The zero-order valence-electron chi connectivity index (χ0n) is 5.68. The van der Waals surface area contributed by atoms with Crippen molar-refractivity contribution in [3.05, 3.63) is 12.3 Å². The molecule has 9 heavy (non-hydrogen) atoms. The number of carbonyl (C=O) groups is 1. The van der Waals surface area contributed by atoms with Crippen LogP contribution in [-0.4, -0.2) is 12.4 Å². The Morgan fingerprint density at radius 2 is 2.44 bits per heavy atom. The van der Waals surface area contributed by atoms with Crippen molar-refractivity contribution in [2.45, 2.75) is 13.8 Å². The fourth-order valence-electron chi connectivity index (χ4n) is 0.687. The van der Waals surface area contributed by atoms with E-state index < -0.39 is 0 Å². The molecule has 0 saturated carbocycles. The third kappa shape index (κ3) is 0.969. The maximum absolute atomic E-state index is 10.8. The van der Waals surface area contributed by atoms with Crippen LogP contribution in [0.4, 0.5) is 0 Å². The molecular weight excluding hydrogens is 116 g/mol. The van der Waals surface area contributed by atoms with Crippen LogP contribution in [0.25, 0.3) is 0 Å². The van der Waals surface area contributed by atoms with Crippen LogP contribution in [0.1, 0.15) is 13.8 Å². The lowest BCUT2D eigenvalue weighted by Gasteiger charge is -2.14. The van der Waals surface area contributed by atoms with Crippen molar-refractivity contribution in [2.24, 2.45) is 5.41 Å². The van der Waals surface area contributed by atoms with Gasteiger partial charge in [0.05, 0.1) is 11.7 Å². The third-order valence-electron chi connectivity index (χ3n) is 1.72. The minimum atomic E-state index is -0.347. The molecule has 0 amide bonds. The summed E-state index contributed by atoms with van der Waals surface area (Å²) in [6.45, 7) is 3.96. The van der Waals surface area contributed by atoms with Gasteiger partial charge in [0.15, 0.2) is 0 Å². The number of ketones is 1. The van der Waals surface area contributed by atoms with Gasteiger partial charge in [0.25, 0.3) is 0 Å². The minimum absolute atomic E-state index is 0.163. The van der Waals surface area contributed by atoms with Gasteiger partial charge in [0.2, 0.25) is 0 Å². The van der Waals surface area contributed by atoms with E-state index in [-0.39, 0.29) is 11.2 Å². The molecule has 0 aromatic carbocycles. The number of Topliss-reactive ketones (excluding diaryl/α,β-unsaturated/α-hetero) is 1. The molecule has 0 aromatic heterocycles. The standard InChI is InChI=1S/C7H10O2/c1-6(8)7(2)3-4-9-5-7/h3-4H,5H2,1-2H3. The summed E-state index contributed by atoms with van der Waals surface area (Å²) in [5, 5.41) is 0. The molecule has 0 radical (unpaired) electrons. The van der Waals surface area contributed by atoms with Gasteiger partial charge in [-0.1, -0.05) is 0 Å². The monoisotopic (exact) mass is 126 g/mol. The van der Waals surface area contributed by atoms with Crippen LogP contribution < -0.4 is 0 Å². The van der Waals surface area contributed by atoms with E-state index in [4.69, 9.17) is 4.74 Å². The lowest BCUT2D eigenvalue weighted by atomic mass is 9.89. The lowest BCUT2D eigenvalue weighted by Crippen LogP contribution is -2.24. The summed E-state index contributed by atoms with van der Waals surface area (Å²) in [5.74, 6) is 0.163. The normalized spacial score (nSPS) is 32.2. The predicted octanol–water partition coefficient (Wildman–Crippen LogP) is 1.13. The predicted molar refractivity (Wildman–Crippen MR) is 33.9 cm³/mol. The molecular formula is C7H10O2. The zero-order valence-corrected chi connectivity index (χ0v) is 5.68.